The van der Waals surface area contributed by atoms with Crippen LogP contribution in [0.5, 0.6) is 0 Å². The van der Waals surface area contributed by atoms with Crippen LogP contribution in [-0.2, 0) is 18.7 Å². The summed E-state index contributed by atoms with van der Waals surface area (Å²) in [7, 11) is 0. The van der Waals surface area contributed by atoms with E-state index in [4.69, 9.17) is 0 Å². The van der Waals surface area contributed by atoms with Gasteiger partial charge in [-0.3, -0.25) is 0 Å². The van der Waals surface area contributed by atoms with Crippen molar-refractivity contribution in [3.8, 4) is 0 Å². The largest absolute Gasteiger partial charge is 0.381 e. The minimum absolute atomic E-state index is 0.134. The van der Waals surface area contributed by atoms with Gasteiger partial charge in [0.05, 0.1) is 18.6 Å². The average molecular weight is 374 g/mol. The van der Waals surface area contributed by atoms with Crippen molar-refractivity contribution in [1.29, 1.82) is 0 Å². The Hall–Kier alpha value is -3.27. The van der Waals surface area contributed by atoms with E-state index in [1.165, 1.54) is 46.3 Å². The third kappa shape index (κ3) is 3.26. The lowest BCUT2D eigenvalue weighted by Gasteiger charge is -2.28. The summed E-state index contributed by atoms with van der Waals surface area (Å²) in [6.45, 7) is -0.393. The molecule has 0 fully saturated rings. The van der Waals surface area contributed by atoms with E-state index in [1.54, 1.807) is 0 Å². The van der Waals surface area contributed by atoms with Crippen LogP contribution in [0, 0.1) is 17.5 Å². The van der Waals surface area contributed by atoms with Gasteiger partial charge in [-0.15, -0.1) is 5.10 Å². The quantitative estimate of drug-likeness (QED) is 0.578. The summed E-state index contributed by atoms with van der Waals surface area (Å²) < 4.78 is 43.8. The summed E-state index contributed by atoms with van der Waals surface area (Å²) in [5.74, 6) is -2.15. The van der Waals surface area contributed by atoms with Gasteiger partial charge in [0, 0.05) is 17.7 Å². The highest BCUT2D eigenvalue weighted by atomic mass is 19.1. The van der Waals surface area contributed by atoms with Crippen molar-refractivity contribution in [2.24, 2.45) is 0 Å². The predicted octanol–water partition coefficient (Wildman–Crippen LogP) is 2.03. The fraction of sp³-hybridized carbons (Fsp3) is 0.176. The maximum atomic E-state index is 14.4. The lowest BCUT2D eigenvalue weighted by atomic mass is 9.92. The van der Waals surface area contributed by atoms with E-state index in [1.807, 2.05) is 0 Å². The molecule has 10 heteroatoms. The predicted molar refractivity (Wildman–Crippen MR) is 87.8 cm³/mol. The van der Waals surface area contributed by atoms with Crippen molar-refractivity contribution in [2.75, 3.05) is 0 Å². The number of rotatable bonds is 5. The van der Waals surface area contributed by atoms with Gasteiger partial charge in [-0.05, 0) is 18.2 Å². The van der Waals surface area contributed by atoms with Crippen molar-refractivity contribution in [3.63, 3.8) is 0 Å². The molecule has 2 aromatic carbocycles. The van der Waals surface area contributed by atoms with Crippen molar-refractivity contribution in [1.82, 2.24) is 29.8 Å². The minimum Gasteiger partial charge on any atom is -0.381 e. The van der Waals surface area contributed by atoms with Crippen LogP contribution < -0.4 is 0 Å². The van der Waals surface area contributed by atoms with Crippen molar-refractivity contribution in [2.45, 2.75) is 18.7 Å². The molecule has 0 saturated heterocycles. The third-order valence-corrected chi connectivity index (χ3v) is 4.21. The molecule has 4 rings (SSSR count). The molecule has 2 aromatic heterocycles. The molecule has 1 unspecified atom stereocenters. The maximum absolute atomic E-state index is 14.4. The number of aromatic nitrogens is 6. The maximum Gasteiger partial charge on any atom is 0.137 e. The van der Waals surface area contributed by atoms with Crippen LogP contribution in [0.25, 0.3) is 11.0 Å². The Morgan fingerprint density at radius 3 is 2.52 bits per heavy atom. The van der Waals surface area contributed by atoms with Crippen molar-refractivity contribution >= 4 is 11.0 Å². The molecule has 0 spiro atoms. The van der Waals surface area contributed by atoms with Crippen LogP contribution >= 0.6 is 0 Å². The zero-order valence-corrected chi connectivity index (χ0v) is 13.8. The third-order valence-electron chi connectivity index (χ3n) is 4.21. The number of benzene rings is 2. The fourth-order valence-electron chi connectivity index (χ4n) is 2.98. The molecule has 1 atom stereocenters. The van der Waals surface area contributed by atoms with E-state index in [2.05, 4.69) is 20.4 Å². The highest BCUT2D eigenvalue weighted by molar-refractivity contribution is 5.74. The summed E-state index contributed by atoms with van der Waals surface area (Å²) in [4.78, 5) is 3.80. The summed E-state index contributed by atoms with van der Waals surface area (Å²) in [5.41, 5.74) is -1.24. The first-order chi connectivity index (χ1) is 12.9. The molecule has 27 heavy (non-hydrogen) atoms. The first-order valence-corrected chi connectivity index (χ1v) is 7.94. The van der Waals surface area contributed by atoms with Gasteiger partial charge in [0.1, 0.15) is 41.2 Å². The average Bonchev–Trinajstić information content (AvgIpc) is 3.24. The highest BCUT2D eigenvalue weighted by Gasteiger charge is 2.35. The number of fused-ring (bicyclic) bond motifs is 1. The Bertz CT molecular complexity index is 1100. The van der Waals surface area contributed by atoms with Gasteiger partial charge in [-0.1, -0.05) is 11.3 Å². The minimum atomic E-state index is -1.85. The molecule has 2 heterocycles. The molecule has 4 aromatic rings. The van der Waals surface area contributed by atoms with Gasteiger partial charge < -0.3 is 5.11 Å². The van der Waals surface area contributed by atoms with Crippen LogP contribution in [0.3, 0.4) is 0 Å². The molecule has 0 aliphatic heterocycles. The van der Waals surface area contributed by atoms with E-state index in [0.717, 1.165) is 6.07 Å². The monoisotopic (exact) mass is 374 g/mol. The molecule has 0 aliphatic rings. The number of hydrogen-bond acceptors (Lipinski definition) is 5. The summed E-state index contributed by atoms with van der Waals surface area (Å²) in [5, 5.41) is 23.0. The molecule has 0 amide bonds. The standard InChI is InChI=1S/C17H13F3N6O/c18-11-1-3-13(14(20)5-11)17(27,7-25-10-21-9-22-25)8-26-16-4-2-12(19)6-15(16)23-24-26/h1-6,9-10,27H,7-8H2. The lowest BCUT2D eigenvalue weighted by Crippen LogP contribution is -2.37. The van der Waals surface area contributed by atoms with Gasteiger partial charge in [-0.2, -0.15) is 5.10 Å². The zero-order valence-electron chi connectivity index (χ0n) is 13.8. The second-order valence-electron chi connectivity index (χ2n) is 6.13. The van der Waals surface area contributed by atoms with E-state index >= 15 is 0 Å². The molecule has 7 nitrogen and oxygen atoms in total. The number of halogens is 3. The molecule has 0 radical (unpaired) electrons. The lowest BCUT2D eigenvalue weighted by molar-refractivity contribution is -0.00780. The van der Waals surface area contributed by atoms with Gasteiger partial charge in [0.2, 0.25) is 0 Å². The number of hydrogen-bond donors (Lipinski definition) is 1. The Labute approximate surface area is 150 Å². The Morgan fingerprint density at radius 2 is 1.78 bits per heavy atom. The molecular formula is C17H13F3N6O. The molecule has 0 aliphatic carbocycles. The number of nitrogens with zero attached hydrogens (tertiary/aromatic N) is 6. The number of aliphatic hydroxyl groups is 1. The second kappa shape index (κ2) is 6.47. The SMILES string of the molecule is OC(Cn1cncn1)(Cn1nnc2cc(F)ccc21)c1ccc(F)cc1F. The van der Waals surface area contributed by atoms with Gasteiger partial charge >= 0.3 is 0 Å². The van der Waals surface area contributed by atoms with E-state index < -0.39 is 23.1 Å². The van der Waals surface area contributed by atoms with E-state index in [-0.39, 0.29) is 24.2 Å². The van der Waals surface area contributed by atoms with Crippen LogP contribution in [0.1, 0.15) is 5.56 Å². The topological polar surface area (TPSA) is 81.6 Å². The summed E-state index contributed by atoms with van der Waals surface area (Å²) in [6.07, 6.45) is 2.64. The molecule has 1 N–H and O–H groups in total. The Balaban J connectivity index is 1.79. The van der Waals surface area contributed by atoms with Gasteiger partial charge in [0.15, 0.2) is 0 Å². The van der Waals surface area contributed by atoms with Crippen molar-refractivity contribution < 1.29 is 18.3 Å². The van der Waals surface area contributed by atoms with Crippen molar-refractivity contribution in [3.05, 3.63) is 72.1 Å². The zero-order chi connectivity index (χ0) is 19.0. The van der Waals surface area contributed by atoms with E-state index in [9.17, 15) is 18.3 Å². The molecular weight excluding hydrogens is 361 g/mol. The fourth-order valence-corrected chi connectivity index (χ4v) is 2.98. The highest BCUT2D eigenvalue weighted by Crippen LogP contribution is 2.29. The summed E-state index contributed by atoms with van der Waals surface area (Å²) in [6, 6.07) is 6.81. The smallest absolute Gasteiger partial charge is 0.137 e. The first kappa shape index (κ1) is 17.2. The van der Waals surface area contributed by atoms with Crippen LogP contribution in [0.2, 0.25) is 0 Å². The van der Waals surface area contributed by atoms with E-state index in [0.29, 0.717) is 11.6 Å². The van der Waals surface area contributed by atoms with Gasteiger partial charge in [0.25, 0.3) is 0 Å². The summed E-state index contributed by atoms with van der Waals surface area (Å²) >= 11 is 0. The van der Waals surface area contributed by atoms with Crippen LogP contribution in [-0.4, -0.2) is 34.9 Å². The first-order valence-electron chi connectivity index (χ1n) is 7.94. The Morgan fingerprint density at radius 1 is 1.00 bits per heavy atom. The molecule has 0 saturated carbocycles. The van der Waals surface area contributed by atoms with Crippen LogP contribution in [0.4, 0.5) is 13.2 Å². The van der Waals surface area contributed by atoms with Crippen LogP contribution in [0.15, 0.2) is 49.1 Å². The molecule has 138 valence electrons. The second-order valence-corrected chi connectivity index (χ2v) is 6.13. The molecule has 0 bridgehead atoms. The van der Waals surface area contributed by atoms with Gasteiger partial charge in [-0.25, -0.2) is 27.5 Å². The normalized spacial score (nSPS) is 13.8. The Kier molecular flexibility index (Phi) is 4.11.